The molecule has 22 heavy (non-hydrogen) atoms. The molecule has 1 aliphatic heterocycles. The maximum absolute atomic E-state index is 4.86. The van der Waals surface area contributed by atoms with Crippen LogP contribution < -0.4 is 0 Å². The number of likely N-dealkylation sites (tertiary alicyclic amines) is 1. The standard InChI is InChI=1S/C17H21N5/c1-12-4-2-6-14-16(12)21-17(20-14)13-5-3-9-22(10-13)11-15-18-7-8-19-15/h2,4,6-8,13H,3,5,9-11H2,1H3,(H,18,19)(H,20,21)/t13-/m1/s1. The summed E-state index contributed by atoms with van der Waals surface area (Å²) in [6.45, 7) is 5.19. The number of benzene rings is 1. The maximum Gasteiger partial charge on any atom is 0.120 e. The van der Waals surface area contributed by atoms with Gasteiger partial charge in [0.25, 0.3) is 0 Å². The van der Waals surface area contributed by atoms with Gasteiger partial charge in [0.1, 0.15) is 11.6 Å². The number of aromatic nitrogens is 4. The second-order valence-electron chi connectivity index (χ2n) is 6.20. The highest BCUT2D eigenvalue weighted by atomic mass is 15.2. The minimum Gasteiger partial charge on any atom is -0.348 e. The predicted molar refractivity (Wildman–Crippen MR) is 86.7 cm³/mol. The molecule has 114 valence electrons. The van der Waals surface area contributed by atoms with E-state index in [1.807, 2.05) is 12.4 Å². The van der Waals surface area contributed by atoms with E-state index in [-0.39, 0.29) is 0 Å². The van der Waals surface area contributed by atoms with Gasteiger partial charge in [-0.05, 0) is 37.9 Å². The summed E-state index contributed by atoms with van der Waals surface area (Å²) in [5.41, 5.74) is 3.50. The summed E-state index contributed by atoms with van der Waals surface area (Å²) >= 11 is 0. The Morgan fingerprint density at radius 1 is 1.36 bits per heavy atom. The number of nitrogens with one attached hydrogen (secondary N) is 2. The minimum atomic E-state index is 0.482. The minimum absolute atomic E-state index is 0.482. The average Bonchev–Trinajstić information content (AvgIpc) is 3.17. The zero-order valence-electron chi connectivity index (χ0n) is 12.8. The molecular formula is C17H21N5. The monoisotopic (exact) mass is 295 g/mol. The SMILES string of the molecule is Cc1cccc2[nH]c([C@@H]3CCCN(Cc4ncc[nH]4)C3)nc12. The van der Waals surface area contributed by atoms with Gasteiger partial charge in [0.05, 0.1) is 17.6 Å². The van der Waals surface area contributed by atoms with Crippen molar-refractivity contribution in [2.45, 2.75) is 32.2 Å². The van der Waals surface area contributed by atoms with Crippen LogP contribution in [-0.4, -0.2) is 37.9 Å². The first-order valence-corrected chi connectivity index (χ1v) is 7.95. The summed E-state index contributed by atoms with van der Waals surface area (Å²) in [6, 6.07) is 6.32. The van der Waals surface area contributed by atoms with E-state index in [9.17, 15) is 0 Å². The molecule has 0 amide bonds. The van der Waals surface area contributed by atoms with Crippen molar-refractivity contribution in [3.63, 3.8) is 0 Å². The van der Waals surface area contributed by atoms with Gasteiger partial charge in [0, 0.05) is 24.9 Å². The Kier molecular flexibility index (Phi) is 3.42. The molecule has 3 heterocycles. The van der Waals surface area contributed by atoms with Crippen LogP contribution in [0, 0.1) is 6.92 Å². The Labute approximate surface area is 129 Å². The summed E-state index contributed by atoms with van der Waals surface area (Å²) < 4.78 is 0. The Morgan fingerprint density at radius 2 is 2.32 bits per heavy atom. The molecule has 1 aromatic carbocycles. The molecule has 5 nitrogen and oxygen atoms in total. The van der Waals surface area contributed by atoms with Crippen molar-refractivity contribution in [1.29, 1.82) is 0 Å². The summed E-state index contributed by atoms with van der Waals surface area (Å²) in [4.78, 5) is 18.4. The first-order chi connectivity index (χ1) is 10.8. The van der Waals surface area contributed by atoms with Gasteiger partial charge >= 0.3 is 0 Å². The van der Waals surface area contributed by atoms with Crippen LogP contribution >= 0.6 is 0 Å². The Morgan fingerprint density at radius 3 is 3.14 bits per heavy atom. The lowest BCUT2D eigenvalue weighted by molar-refractivity contribution is 0.193. The molecule has 3 aromatic rings. The zero-order valence-corrected chi connectivity index (χ0v) is 12.8. The topological polar surface area (TPSA) is 60.6 Å². The zero-order chi connectivity index (χ0) is 14.9. The lowest BCUT2D eigenvalue weighted by Crippen LogP contribution is -2.34. The second-order valence-corrected chi connectivity index (χ2v) is 6.20. The number of aromatic amines is 2. The van der Waals surface area contributed by atoms with Gasteiger partial charge in [-0.15, -0.1) is 0 Å². The number of para-hydroxylation sites is 1. The van der Waals surface area contributed by atoms with E-state index in [1.54, 1.807) is 0 Å². The normalized spacial score (nSPS) is 19.8. The van der Waals surface area contributed by atoms with Crippen molar-refractivity contribution in [3.05, 3.63) is 47.8 Å². The quantitative estimate of drug-likeness (QED) is 0.781. The number of hydrogen-bond donors (Lipinski definition) is 2. The molecule has 1 saturated heterocycles. The fourth-order valence-corrected chi connectivity index (χ4v) is 3.41. The lowest BCUT2D eigenvalue weighted by Gasteiger charge is -2.31. The van der Waals surface area contributed by atoms with E-state index in [4.69, 9.17) is 4.98 Å². The molecule has 0 saturated carbocycles. The van der Waals surface area contributed by atoms with Crippen LogP contribution in [0.3, 0.4) is 0 Å². The van der Waals surface area contributed by atoms with Gasteiger partial charge in [0.2, 0.25) is 0 Å². The third-order valence-electron chi connectivity index (χ3n) is 4.55. The smallest absolute Gasteiger partial charge is 0.120 e. The molecule has 1 fully saturated rings. The molecule has 0 radical (unpaired) electrons. The Bertz CT molecular complexity index is 759. The third kappa shape index (κ3) is 2.52. The number of H-pyrrole nitrogens is 2. The van der Waals surface area contributed by atoms with E-state index in [0.717, 1.165) is 42.3 Å². The van der Waals surface area contributed by atoms with Crippen LogP contribution in [0.25, 0.3) is 11.0 Å². The molecule has 0 unspecified atom stereocenters. The van der Waals surface area contributed by atoms with Gasteiger partial charge in [-0.1, -0.05) is 12.1 Å². The van der Waals surface area contributed by atoms with E-state index in [2.05, 4.69) is 45.0 Å². The summed E-state index contributed by atoms with van der Waals surface area (Å²) in [5.74, 6) is 2.66. The number of hydrogen-bond acceptors (Lipinski definition) is 3. The molecule has 1 atom stereocenters. The van der Waals surface area contributed by atoms with Gasteiger partial charge in [-0.3, -0.25) is 4.90 Å². The first kappa shape index (κ1) is 13.5. The highest BCUT2D eigenvalue weighted by molar-refractivity contribution is 5.78. The molecule has 0 spiro atoms. The molecule has 4 rings (SSSR count). The highest BCUT2D eigenvalue weighted by Crippen LogP contribution is 2.28. The van der Waals surface area contributed by atoms with Crippen molar-refractivity contribution in [2.24, 2.45) is 0 Å². The number of rotatable bonds is 3. The van der Waals surface area contributed by atoms with Crippen LogP contribution in [0.15, 0.2) is 30.6 Å². The molecule has 0 bridgehead atoms. The van der Waals surface area contributed by atoms with E-state index in [0.29, 0.717) is 5.92 Å². The molecule has 2 aromatic heterocycles. The summed E-state index contributed by atoms with van der Waals surface area (Å²) in [7, 11) is 0. The molecule has 0 aliphatic carbocycles. The van der Waals surface area contributed by atoms with Gasteiger partial charge in [0.15, 0.2) is 0 Å². The molecule has 5 heteroatoms. The van der Waals surface area contributed by atoms with Gasteiger partial charge in [-0.2, -0.15) is 0 Å². The largest absolute Gasteiger partial charge is 0.348 e. The number of fused-ring (bicyclic) bond motifs is 1. The number of imidazole rings is 2. The fourth-order valence-electron chi connectivity index (χ4n) is 3.41. The van der Waals surface area contributed by atoms with Crippen LogP contribution in [0.1, 0.15) is 36.0 Å². The van der Waals surface area contributed by atoms with Crippen molar-refractivity contribution >= 4 is 11.0 Å². The highest BCUT2D eigenvalue weighted by Gasteiger charge is 2.24. The van der Waals surface area contributed by atoms with Crippen molar-refractivity contribution in [3.8, 4) is 0 Å². The van der Waals surface area contributed by atoms with Gasteiger partial charge in [-0.25, -0.2) is 9.97 Å². The van der Waals surface area contributed by atoms with E-state index >= 15 is 0 Å². The maximum atomic E-state index is 4.86. The average molecular weight is 295 g/mol. The van der Waals surface area contributed by atoms with Crippen molar-refractivity contribution in [2.75, 3.05) is 13.1 Å². The van der Waals surface area contributed by atoms with Crippen molar-refractivity contribution < 1.29 is 0 Å². The fraction of sp³-hybridized carbons (Fsp3) is 0.412. The Hall–Kier alpha value is -2.14. The molecule has 2 N–H and O–H groups in total. The third-order valence-corrected chi connectivity index (χ3v) is 4.55. The van der Waals surface area contributed by atoms with Crippen molar-refractivity contribution in [1.82, 2.24) is 24.8 Å². The molecule has 1 aliphatic rings. The number of nitrogens with zero attached hydrogens (tertiary/aromatic N) is 3. The van der Waals surface area contributed by atoms with E-state index < -0.39 is 0 Å². The lowest BCUT2D eigenvalue weighted by atomic mass is 9.97. The van der Waals surface area contributed by atoms with E-state index in [1.165, 1.54) is 18.4 Å². The van der Waals surface area contributed by atoms with Crippen LogP contribution in [0.2, 0.25) is 0 Å². The van der Waals surface area contributed by atoms with Crippen LogP contribution in [0.4, 0.5) is 0 Å². The predicted octanol–water partition coefficient (Wildman–Crippen LogP) is 2.97. The number of aryl methyl sites for hydroxylation is 1. The van der Waals surface area contributed by atoms with Gasteiger partial charge < -0.3 is 9.97 Å². The van der Waals surface area contributed by atoms with Crippen LogP contribution in [-0.2, 0) is 6.54 Å². The molecular weight excluding hydrogens is 274 g/mol. The Balaban J connectivity index is 1.54. The second kappa shape index (κ2) is 5.57. The first-order valence-electron chi connectivity index (χ1n) is 7.95. The summed E-state index contributed by atoms with van der Waals surface area (Å²) in [6.07, 6.45) is 6.12. The van der Waals surface area contributed by atoms with Crippen LogP contribution in [0.5, 0.6) is 0 Å². The number of piperidine rings is 1. The summed E-state index contributed by atoms with van der Waals surface area (Å²) in [5, 5.41) is 0.